The molecular weight excluding hydrogens is 476 g/mol. The van der Waals surface area contributed by atoms with Crippen molar-refractivity contribution >= 4 is 46.8 Å². The van der Waals surface area contributed by atoms with E-state index in [1.54, 1.807) is 47.9 Å². The molecule has 6 atom stereocenters. The standard InChI is InChI=1S/C25H33ClN2O5S/c1-5-33-23(32)19-18-22(31)28(17(13-29)12-14(2)3)20(25(18)11-10-24(19,4)34-25)21(30)27-16-8-6-15(26)7-9-16/h6-9,14,17-20,29H,5,10-13H2,1-4H3,(H,27,30)/t17-,18+,19-,20?,24+,25?/m1/s1. The second-order valence-electron chi connectivity index (χ2n) is 10.2. The molecule has 9 heteroatoms. The summed E-state index contributed by atoms with van der Waals surface area (Å²) in [5, 5.41) is 13.8. The van der Waals surface area contributed by atoms with Crippen molar-refractivity contribution in [3.05, 3.63) is 29.3 Å². The average molecular weight is 509 g/mol. The number of likely N-dealkylation sites (tertiary alicyclic amines) is 1. The van der Waals surface area contributed by atoms with Crippen LogP contribution in [-0.4, -0.2) is 62.6 Å². The van der Waals surface area contributed by atoms with Gasteiger partial charge in [0, 0.05) is 15.5 Å². The van der Waals surface area contributed by atoms with Crippen LogP contribution in [0.3, 0.4) is 0 Å². The van der Waals surface area contributed by atoms with E-state index >= 15 is 0 Å². The fourth-order valence-corrected chi connectivity index (χ4v) is 8.67. The predicted octanol–water partition coefficient (Wildman–Crippen LogP) is 3.73. The molecule has 3 heterocycles. The number of aliphatic hydroxyl groups is 1. The Labute approximate surface area is 209 Å². The van der Waals surface area contributed by atoms with Crippen molar-refractivity contribution in [1.29, 1.82) is 0 Å². The Morgan fingerprint density at radius 2 is 1.97 bits per heavy atom. The number of benzene rings is 1. The van der Waals surface area contributed by atoms with E-state index in [0.29, 0.717) is 23.6 Å². The SMILES string of the molecule is CCOC(=O)[C@H]1[C@H]2C(=O)N([C@@H](CO)CC(C)C)C(C(=O)Nc3ccc(Cl)cc3)C23CC[C@]1(C)S3. The lowest BCUT2D eigenvalue weighted by atomic mass is 9.66. The fourth-order valence-electron chi connectivity index (χ4n) is 6.21. The molecule has 3 aliphatic heterocycles. The van der Waals surface area contributed by atoms with Crippen molar-refractivity contribution < 1.29 is 24.2 Å². The van der Waals surface area contributed by atoms with Gasteiger partial charge in [0.2, 0.25) is 11.8 Å². The van der Waals surface area contributed by atoms with Crippen molar-refractivity contribution in [1.82, 2.24) is 4.90 Å². The first kappa shape index (κ1) is 25.3. The summed E-state index contributed by atoms with van der Waals surface area (Å²) in [7, 11) is 0. The minimum atomic E-state index is -0.803. The number of thioether (sulfide) groups is 1. The van der Waals surface area contributed by atoms with Crippen LogP contribution in [0.5, 0.6) is 0 Å². The molecule has 2 unspecified atom stereocenters. The van der Waals surface area contributed by atoms with Crippen LogP contribution in [0.25, 0.3) is 0 Å². The molecule has 1 spiro atoms. The molecule has 34 heavy (non-hydrogen) atoms. The summed E-state index contributed by atoms with van der Waals surface area (Å²) in [6, 6.07) is 5.51. The highest BCUT2D eigenvalue weighted by Gasteiger charge is 2.78. The number of anilines is 1. The maximum Gasteiger partial charge on any atom is 0.311 e. The molecule has 7 nitrogen and oxygen atoms in total. The summed E-state index contributed by atoms with van der Waals surface area (Å²) in [6.07, 6.45) is 1.93. The van der Waals surface area contributed by atoms with Crippen LogP contribution in [0.4, 0.5) is 5.69 Å². The number of nitrogens with one attached hydrogen (secondary N) is 1. The molecule has 2 N–H and O–H groups in total. The van der Waals surface area contributed by atoms with Crippen LogP contribution in [-0.2, 0) is 19.1 Å². The molecule has 1 aromatic carbocycles. The molecule has 0 aliphatic carbocycles. The quantitative estimate of drug-likeness (QED) is 0.519. The number of hydrogen-bond acceptors (Lipinski definition) is 6. The molecule has 0 saturated carbocycles. The number of nitrogens with zero attached hydrogens (tertiary/aromatic N) is 1. The highest BCUT2D eigenvalue weighted by molar-refractivity contribution is 8.02. The van der Waals surface area contributed by atoms with E-state index in [-0.39, 0.29) is 36.9 Å². The second kappa shape index (κ2) is 9.36. The van der Waals surface area contributed by atoms with Gasteiger partial charge in [-0.25, -0.2) is 0 Å². The molecule has 1 aromatic rings. The van der Waals surface area contributed by atoms with Gasteiger partial charge in [-0.1, -0.05) is 25.4 Å². The number of hydrogen-bond donors (Lipinski definition) is 2. The maximum atomic E-state index is 14.0. The third-order valence-electron chi connectivity index (χ3n) is 7.46. The monoisotopic (exact) mass is 508 g/mol. The van der Waals surface area contributed by atoms with Gasteiger partial charge in [-0.3, -0.25) is 14.4 Å². The fraction of sp³-hybridized carbons (Fsp3) is 0.640. The number of aliphatic hydroxyl groups excluding tert-OH is 1. The number of rotatable bonds is 8. The topological polar surface area (TPSA) is 95.9 Å². The molecule has 4 rings (SSSR count). The number of carbonyl (C=O) groups excluding carboxylic acids is 3. The van der Waals surface area contributed by atoms with Crippen LogP contribution in [0.2, 0.25) is 5.02 Å². The molecule has 0 radical (unpaired) electrons. The largest absolute Gasteiger partial charge is 0.466 e. The van der Waals surface area contributed by atoms with Crippen LogP contribution >= 0.6 is 23.4 Å². The summed E-state index contributed by atoms with van der Waals surface area (Å²) >= 11 is 7.59. The summed E-state index contributed by atoms with van der Waals surface area (Å²) in [4.78, 5) is 42.5. The normalized spacial score (nSPS) is 32.7. The lowest BCUT2D eigenvalue weighted by Gasteiger charge is -2.37. The first-order valence-electron chi connectivity index (χ1n) is 11.9. The van der Waals surface area contributed by atoms with Crippen molar-refractivity contribution in [3.8, 4) is 0 Å². The van der Waals surface area contributed by atoms with Gasteiger partial charge >= 0.3 is 5.97 Å². The minimum Gasteiger partial charge on any atom is -0.466 e. The van der Waals surface area contributed by atoms with Gasteiger partial charge < -0.3 is 20.1 Å². The summed E-state index contributed by atoms with van der Waals surface area (Å²) in [5.41, 5.74) is 0.580. The number of amides is 2. The molecule has 3 saturated heterocycles. The van der Waals surface area contributed by atoms with Crippen LogP contribution in [0, 0.1) is 17.8 Å². The second-order valence-corrected chi connectivity index (χ2v) is 12.5. The van der Waals surface area contributed by atoms with Gasteiger partial charge in [-0.2, -0.15) is 0 Å². The molecule has 2 amide bonds. The van der Waals surface area contributed by atoms with Crippen molar-refractivity contribution in [2.75, 3.05) is 18.5 Å². The lowest BCUT2D eigenvalue weighted by Crippen LogP contribution is -2.55. The van der Waals surface area contributed by atoms with E-state index in [1.165, 1.54) is 0 Å². The van der Waals surface area contributed by atoms with E-state index < -0.39 is 33.4 Å². The average Bonchev–Trinajstić information content (AvgIpc) is 3.34. The number of halogens is 1. The molecular formula is C25H33ClN2O5S. The number of esters is 1. The van der Waals surface area contributed by atoms with Crippen molar-refractivity contribution in [2.45, 2.75) is 68.5 Å². The molecule has 0 aromatic heterocycles. The van der Waals surface area contributed by atoms with E-state index in [1.807, 2.05) is 20.8 Å². The Bertz CT molecular complexity index is 973. The van der Waals surface area contributed by atoms with E-state index in [4.69, 9.17) is 16.3 Å². The summed E-state index contributed by atoms with van der Waals surface area (Å²) in [5.74, 6) is -1.97. The Hall–Kier alpha value is -1.77. The Kier molecular flexibility index (Phi) is 6.97. The van der Waals surface area contributed by atoms with E-state index in [2.05, 4.69) is 5.32 Å². The maximum absolute atomic E-state index is 14.0. The van der Waals surface area contributed by atoms with Gasteiger partial charge in [0.15, 0.2) is 0 Å². The van der Waals surface area contributed by atoms with Gasteiger partial charge in [-0.15, -0.1) is 11.8 Å². The van der Waals surface area contributed by atoms with Gasteiger partial charge in [0.1, 0.15) is 6.04 Å². The number of carbonyl (C=O) groups is 3. The molecule has 3 fully saturated rings. The van der Waals surface area contributed by atoms with E-state index in [9.17, 15) is 19.5 Å². The zero-order chi connectivity index (χ0) is 24.8. The lowest BCUT2D eigenvalue weighted by molar-refractivity contribution is -0.155. The van der Waals surface area contributed by atoms with Crippen molar-refractivity contribution in [3.63, 3.8) is 0 Å². The van der Waals surface area contributed by atoms with Crippen molar-refractivity contribution in [2.24, 2.45) is 17.8 Å². The predicted molar refractivity (Wildman–Crippen MR) is 133 cm³/mol. The molecule has 3 aliphatic rings. The highest BCUT2D eigenvalue weighted by Crippen LogP contribution is 2.71. The zero-order valence-corrected chi connectivity index (χ0v) is 21.6. The first-order chi connectivity index (χ1) is 16.1. The highest BCUT2D eigenvalue weighted by atomic mass is 35.5. The Morgan fingerprint density at radius 3 is 2.56 bits per heavy atom. The molecule has 2 bridgehead atoms. The zero-order valence-electron chi connectivity index (χ0n) is 20.0. The Balaban J connectivity index is 1.77. The summed E-state index contributed by atoms with van der Waals surface area (Å²) < 4.78 is 4.19. The van der Waals surface area contributed by atoms with Crippen LogP contribution < -0.4 is 5.32 Å². The third kappa shape index (κ3) is 4.01. The molecule has 186 valence electrons. The number of ether oxygens (including phenoxy) is 1. The van der Waals surface area contributed by atoms with Crippen LogP contribution in [0.1, 0.15) is 47.0 Å². The first-order valence-corrected chi connectivity index (χ1v) is 13.1. The van der Waals surface area contributed by atoms with Gasteiger partial charge in [0.25, 0.3) is 0 Å². The number of fused-ring (bicyclic) bond motifs is 1. The third-order valence-corrected chi connectivity index (χ3v) is 9.70. The van der Waals surface area contributed by atoms with Gasteiger partial charge in [0.05, 0.1) is 35.8 Å². The van der Waals surface area contributed by atoms with Crippen LogP contribution in [0.15, 0.2) is 24.3 Å². The Morgan fingerprint density at radius 1 is 1.29 bits per heavy atom. The smallest absolute Gasteiger partial charge is 0.311 e. The summed E-state index contributed by atoms with van der Waals surface area (Å²) in [6.45, 7) is 7.80. The van der Waals surface area contributed by atoms with E-state index in [0.717, 1.165) is 6.42 Å². The minimum absolute atomic E-state index is 0.213. The van der Waals surface area contributed by atoms with Gasteiger partial charge in [-0.05, 0) is 63.3 Å².